The third-order valence-electron chi connectivity index (χ3n) is 5.13. The van der Waals surface area contributed by atoms with E-state index in [0.717, 1.165) is 43.1 Å². The Labute approximate surface area is 175 Å². The summed E-state index contributed by atoms with van der Waals surface area (Å²) in [4.78, 5) is 11.4. The summed E-state index contributed by atoms with van der Waals surface area (Å²) in [7, 11) is -3.47. The molecule has 0 saturated heterocycles. The average molecular weight is 427 g/mol. The minimum atomic E-state index is -3.47. The number of nitrogens with one attached hydrogen (secondary N) is 1. The Bertz CT molecular complexity index is 1180. The highest BCUT2D eigenvalue weighted by Gasteiger charge is 2.22. The summed E-state index contributed by atoms with van der Waals surface area (Å²) in [6.07, 6.45) is 1.80. The molecule has 0 radical (unpaired) electrons. The molecule has 1 N–H and O–H groups in total. The van der Waals surface area contributed by atoms with E-state index in [1.54, 1.807) is 0 Å². The van der Waals surface area contributed by atoms with E-state index in [-0.39, 0.29) is 10.6 Å². The van der Waals surface area contributed by atoms with E-state index in [9.17, 15) is 12.8 Å². The minimum Gasteiger partial charge on any atom is -0.337 e. The molecular weight excluding hydrogens is 403 g/mol. The van der Waals surface area contributed by atoms with Crippen LogP contribution in [0.1, 0.15) is 22.6 Å². The van der Waals surface area contributed by atoms with Crippen LogP contribution in [0.4, 0.5) is 15.9 Å². The standard InChI is InChI=1S/C22H23FN4O2S/c1-15-24-21-14-27(13-16-6-4-3-5-7-16)11-10-18(21)22(25-15)26-20-9-8-17(12-19(20)23)30(2,28)29/h3-9,12H,10-11,13-14H2,1-2H3,(H,24,25,26). The molecule has 156 valence electrons. The van der Waals surface area contributed by atoms with Crippen molar-refractivity contribution in [1.82, 2.24) is 14.9 Å². The molecule has 30 heavy (non-hydrogen) atoms. The molecule has 1 aromatic heterocycles. The lowest BCUT2D eigenvalue weighted by Crippen LogP contribution is -2.31. The second-order valence-corrected chi connectivity index (χ2v) is 9.55. The van der Waals surface area contributed by atoms with E-state index < -0.39 is 15.7 Å². The lowest BCUT2D eigenvalue weighted by molar-refractivity contribution is 0.241. The number of fused-ring (bicyclic) bond motifs is 1. The first-order valence-electron chi connectivity index (χ1n) is 9.69. The highest BCUT2D eigenvalue weighted by Crippen LogP contribution is 2.29. The van der Waals surface area contributed by atoms with Crippen molar-refractivity contribution in [2.75, 3.05) is 18.1 Å². The predicted octanol–water partition coefficient (Wildman–Crippen LogP) is 3.63. The van der Waals surface area contributed by atoms with Crippen molar-refractivity contribution in [2.45, 2.75) is 31.3 Å². The maximum absolute atomic E-state index is 14.5. The van der Waals surface area contributed by atoms with Crippen LogP contribution in [0.5, 0.6) is 0 Å². The van der Waals surface area contributed by atoms with Crippen LogP contribution in [-0.4, -0.2) is 36.1 Å². The maximum atomic E-state index is 14.5. The Morgan fingerprint density at radius 1 is 1.13 bits per heavy atom. The lowest BCUT2D eigenvalue weighted by Gasteiger charge is -2.29. The zero-order valence-electron chi connectivity index (χ0n) is 16.9. The van der Waals surface area contributed by atoms with Crippen molar-refractivity contribution >= 4 is 21.3 Å². The van der Waals surface area contributed by atoms with E-state index in [1.807, 2.05) is 25.1 Å². The molecule has 2 aromatic carbocycles. The van der Waals surface area contributed by atoms with Gasteiger partial charge in [-0.1, -0.05) is 30.3 Å². The summed E-state index contributed by atoms with van der Waals surface area (Å²) >= 11 is 0. The molecule has 1 aliphatic heterocycles. The molecule has 0 fully saturated rings. The number of aryl methyl sites for hydroxylation is 1. The second-order valence-electron chi connectivity index (χ2n) is 7.53. The van der Waals surface area contributed by atoms with Crippen molar-refractivity contribution in [3.05, 3.63) is 77.0 Å². The Hall–Kier alpha value is -2.84. The monoisotopic (exact) mass is 426 g/mol. The van der Waals surface area contributed by atoms with Gasteiger partial charge in [0.05, 0.1) is 16.3 Å². The summed E-state index contributed by atoms with van der Waals surface area (Å²) < 4.78 is 37.8. The SMILES string of the molecule is Cc1nc2c(c(Nc3ccc(S(C)(=O)=O)cc3F)n1)CCN(Cc1ccccc1)C2. The Morgan fingerprint density at radius 3 is 2.60 bits per heavy atom. The molecule has 6 nitrogen and oxygen atoms in total. The summed E-state index contributed by atoms with van der Waals surface area (Å²) in [5.74, 6) is 0.540. The number of halogens is 1. The molecule has 2 heterocycles. The van der Waals surface area contributed by atoms with Crippen LogP contribution in [0.3, 0.4) is 0 Å². The predicted molar refractivity (Wildman–Crippen MR) is 114 cm³/mol. The van der Waals surface area contributed by atoms with Gasteiger partial charge in [0, 0.05) is 31.5 Å². The van der Waals surface area contributed by atoms with Gasteiger partial charge in [-0.05, 0) is 37.1 Å². The molecule has 0 bridgehead atoms. The van der Waals surface area contributed by atoms with Crippen molar-refractivity contribution in [2.24, 2.45) is 0 Å². The molecule has 0 atom stereocenters. The van der Waals surface area contributed by atoms with Gasteiger partial charge in [-0.15, -0.1) is 0 Å². The number of nitrogens with zero attached hydrogens (tertiary/aromatic N) is 3. The average Bonchev–Trinajstić information content (AvgIpc) is 2.69. The summed E-state index contributed by atoms with van der Waals surface area (Å²) in [6.45, 7) is 4.19. The van der Waals surface area contributed by atoms with Gasteiger partial charge < -0.3 is 5.32 Å². The van der Waals surface area contributed by atoms with Gasteiger partial charge in [0.25, 0.3) is 0 Å². The largest absolute Gasteiger partial charge is 0.337 e. The Kier molecular flexibility index (Phi) is 5.53. The zero-order chi connectivity index (χ0) is 21.3. The third-order valence-corrected chi connectivity index (χ3v) is 6.24. The molecular formula is C22H23FN4O2S. The smallest absolute Gasteiger partial charge is 0.175 e. The summed E-state index contributed by atoms with van der Waals surface area (Å²) in [6, 6.07) is 14.1. The van der Waals surface area contributed by atoms with Crippen molar-refractivity contribution in [1.29, 1.82) is 0 Å². The fraction of sp³-hybridized carbons (Fsp3) is 0.273. The molecule has 0 spiro atoms. The van der Waals surface area contributed by atoms with Crippen LogP contribution >= 0.6 is 0 Å². The van der Waals surface area contributed by atoms with Crippen LogP contribution in [0.25, 0.3) is 0 Å². The van der Waals surface area contributed by atoms with E-state index in [0.29, 0.717) is 18.2 Å². The van der Waals surface area contributed by atoms with Gasteiger partial charge in [-0.25, -0.2) is 22.8 Å². The Balaban J connectivity index is 1.58. The van der Waals surface area contributed by atoms with E-state index in [1.165, 1.54) is 17.7 Å². The van der Waals surface area contributed by atoms with E-state index in [2.05, 4.69) is 32.3 Å². The normalized spacial score (nSPS) is 14.4. The molecule has 0 aliphatic carbocycles. The van der Waals surface area contributed by atoms with Gasteiger partial charge in [-0.3, -0.25) is 4.90 Å². The number of hydrogen-bond acceptors (Lipinski definition) is 6. The van der Waals surface area contributed by atoms with E-state index >= 15 is 0 Å². The van der Waals surface area contributed by atoms with Gasteiger partial charge >= 0.3 is 0 Å². The minimum absolute atomic E-state index is 0.0528. The third kappa shape index (κ3) is 4.49. The van der Waals surface area contributed by atoms with Crippen LogP contribution in [0.15, 0.2) is 53.4 Å². The first-order chi connectivity index (χ1) is 14.3. The highest BCUT2D eigenvalue weighted by atomic mass is 32.2. The maximum Gasteiger partial charge on any atom is 0.175 e. The fourth-order valence-corrected chi connectivity index (χ4v) is 4.28. The van der Waals surface area contributed by atoms with Gasteiger partial charge in [0.1, 0.15) is 17.5 Å². The molecule has 0 unspecified atom stereocenters. The summed E-state index contributed by atoms with van der Waals surface area (Å²) in [5, 5.41) is 3.04. The first kappa shape index (κ1) is 20.4. The van der Waals surface area contributed by atoms with Gasteiger partial charge in [0.2, 0.25) is 0 Å². The van der Waals surface area contributed by atoms with Gasteiger partial charge in [-0.2, -0.15) is 0 Å². The molecule has 8 heteroatoms. The first-order valence-corrected chi connectivity index (χ1v) is 11.6. The Morgan fingerprint density at radius 2 is 1.90 bits per heavy atom. The number of benzene rings is 2. The van der Waals surface area contributed by atoms with E-state index in [4.69, 9.17) is 0 Å². The topological polar surface area (TPSA) is 75.2 Å². The van der Waals surface area contributed by atoms with Crippen LogP contribution in [-0.2, 0) is 29.3 Å². The fourth-order valence-electron chi connectivity index (χ4n) is 3.64. The molecule has 3 aromatic rings. The lowest BCUT2D eigenvalue weighted by atomic mass is 10.0. The molecule has 4 rings (SSSR count). The quantitative estimate of drug-likeness (QED) is 0.672. The van der Waals surface area contributed by atoms with Crippen molar-refractivity contribution in [3.8, 4) is 0 Å². The number of aromatic nitrogens is 2. The number of rotatable bonds is 5. The van der Waals surface area contributed by atoms with Crippen LogP contribution < -0.4 is 5.32 Å². The number of sulfone groups is 1. The van der Waals surface area contributed by atoms with Crippen molar-refractivity contribution < 1.29 is 12.8 Å². The van der Waals surface area contributed by atoms with Gasteiger partial charge in [0.15, 0.2) is 9.84 Å². The van der Waals surface area contributed by atoms with Crippen molar-refractivity contribution in [3.63, 3.8) is 0 Å². The molecule has 1 aliphatic rings. The van der Waals surface area contributed by atoms with Crippen LogP contribution in [0.2, 0.25) is 0 Å². The second kappa shape index (κ2) is 8.12. The number of anilines is 2. The molecule has 0 amide bonds. The highest BCUT2D eigenvalue weighted by molar-refractivity contribution is 7.90. The van der Waals surface area contributed by atoms with Crippen LogP contribution in [0, 0.1) is 12.7 Å². The number of hydrogen-bond donors (Lipinski definition) is 1. The molecule has 0 saturated carbocycles. The summed E-state index contributed by atoms with van der Waals surface area (Å²) in [5.41, 5.74) is 3.34. The zero-order valence-corrected chi connectivity index (χ0v) is 17.7.